The van der Waals surface area contributed by atoms with Crippen molar-refractivity contribution in [3.63, 3.8) is 0 Å². The lowest BCUT2D eigenvalue weighted by Gasteiger charge is -2.11. The van der Waals surface area contributed by atoms with E-state index in [0.29, 0.717) is 6.61 Å². The third kappa shape index (κ3) is 5.45. The van der Waals surface area contributed by atoms with Gasteiger partial charge in [-0.2, -0.15) is 0 Å². The minimum absolute atomic E-state index is 0.475. The number of thiophene rings is 1. The van der Waals surface area contributed by atoms with Gasteiger partial charge in [0.25, 0.3) is 0 Å². The van der Waals surface area contributed by atoms with Gasteiger partial charge in [0.2, 0.25) is 0 Å². The van der Waals surface area contributed by atoms with E-state index in [-0.39, 0.29) is 0 Å². The number of furan rings is 1. The maximum atomic E-state index is 6.02. The number of hydrogen-bond donors (Lipinski definition) is 1. The first-order valence-electron chi connectivity index (χ1n) is 12.4. The van der Waals surface area contributed by atoms with Crippen molar-refractivity contribution in [2.24, 2.45) is 0 Å². The number of hydrogen-bond acceptors (Lipinski definition) is 8. The van der Waals surface area contributed by atoms with Gasteiger partial charge in [-0.25, -0.2) is 9.97 Å². The standard InChI is InChI=1S/C29H28N4O3S/c1-34-23-9-7-20(8-10-23)17-35-24-6-4-5-22(14-24)32-29-28-25(30-19-31-29)15-27(37-28)26-13-21(18-36-26)16-33-11-2-3-12-33/h4-10,13-15,18-19H,2-3,11-12,16-17H2,1H3,(H,30,31,32). The van der Waals surface area contributed by atoms with Gasteiger partial charge in [-0.05, 0) is 67.9 Å². The van der Waals surface area contributed by atoms with E-state index in [0.717, 1.165) is 56.0 Å². The van der Waals surface area contributed by atoms with Crippen LogP contribution in [0.15, 0.2) is 77.7 Å². The molecule has 0 saturated carbocycles. The molecule has 1 fully saturated rings. The molecular formula is C29H28N4O3S. The maximum Gasteiger partial charge on any atom is 0.151 e. The van der Waals surface area contributed by atoms with Crippen LogP contribution in [0.1, 0.15) is 24.0 Å². The van der Waals surface area contributed by atoms with Crippen molar-refractivity contribution in [2.45, 2.75) is 26.0 Å². The van der Waals surface area contributed by atoms with Gasteiger partial charge in [0.1, 0.15) is 30.2 Å². The molecule has 4 heterocycles. The third-order valence-electron chi connectivity index (χ3n) is 6.47. The van der Waals surface area contributed by atoms with E-state index in [4.69, 9.17) is 13.9 Å². The highest BCUT2D eigenvalue weighted by Gasteiger charge is 2.16. The van der Waals surface area contributed by atoms with E-state index in [1.165, 1.54) is 31.5 Å². The predicted octanol–water partition coefficient (Wildman–Crippen LogP) is 6.88. The highest BCUT2D eigenvalue weighted by molar-refractivity contribution is 7.22. The van der Waals surface area contributed by atoms with Crippen LogP contribution in [0.5, 0.6) is 11.5 Å². The maximum absolute atomic E-state index is 6.02. The summed E-state index contributed by atoms with van der Waals surface area (Å²) < 4.78 is 18.2. The van der Waals surface area contributed by atoms with Gasteiger partial charge < -0.3 is 19.2 Å². The predicted molar refractivity (Wildman–Crippen MR) is 147 cm³/mol. The summed E-state index contributed by atoms with van der Waals surface area (Å²) in [5, 5.41) is 3.44. The lowest BCUT2D eigenvalue weighted by atomic mass is 10.2. The van der Waals surface area contributed by atoms with Crippen molar-refractivity contribution in [1.82, 2.24) is 14.9 Å². The summed E-state index contributed by atoms with van der Waals surface area (Å²) in [5.74, 6) is 3.24. The third-order valence-corrected chi connectivity index (χ3v) is 7.62. The zero-order chi connectivity index (χ0) is 25.0. The molecule has 1 aliphatic rings. The normalized spacial score (nSPS) is 13.8. The first-order valence-corrected chi connectivity index (χ1v) is 13.2. The number of anilines is 2. The molecule has 8 heteroatoms. The van der Waals surface area contributed by atoms with Crippen LogP contribution in [-0.2, 0) is 13.2 Å². The lowest BCUT2D eigenvalue weighted by molar-refractivity contribution is 0.306. The molecule has 1 N–H and O–H groups in total. The quantitative estimate of drug-likeness (QED) is 0.231. The summed E-state index contributed by atoms with van der Waals surface area (Å²) in [6, 6.07) is 20.0. The Bertz CT molecular complexity index is 1490. The zero-order valence-electron chi connectivity index (χ0n) is 20.6. The van der Waals surface area contributed by atoms with Crippen molar-refractivity contribution >= 4 is 33.1 Å². The molecule has 0 spiro atoms. The molecule has 0 bridgehead atoms. The van der Waals surface area contributed by atoms with Gasteiger partial charge in [0.05, 0.1) is 28.5 Å². The average Bonchev–Trinajstić information content (AvgIpc) is 3.70. The molecule has 0 unspecified atom stereocenters. The van der Waals surface area contributed by atoms with Crippen molar-refractivity contribution in [3.8, 4) is 22.1 Å². The number of nitrogens with one attached hydrogen (secondary N) is 1. The molecule has 37 heavy (non-hydrogen) atoms. The molecular weight excluding hydrogens is 484 g/mol. The summed E-state index contributed by atoms with van der Waals surface area (Å²) >= 11 is 1.63. The van der Waals surface area contributed by atoms with Crippen LogP contribution in [0.25, 0.3) is 20.9 Å². The minimum Gasteiger partial charge on any atom is -0.497 e. The van der Waals surface area contributed by atoms with E-state index in [1.54, 1.807) is 24.8 Å². The van der Waals surface area contributed by atoms with E-state index in [9.17, 15) is 0 Å². The van der Waals surface area contributed by atoms with Gasteiger partial charge in [-0.1, -0.05) is 18.2 Å². The Morgan fingerprint density at radius 2 is 1.84 bits per heavy atom. The second-order valence-corrected chi connectivity index (χ2v) is 10.2. The fourth-order valence-electron chi connectivity index (χ4n) is 4.54. The Kier molecular flexibility index (Phi) is 6.75. The first-order chi connectivity index (χ1) is 18.2. The van der Waals surface area contributed by atoms with Gasteiger partial charge in [-0.3, -0.25) is 4.90 Å². The Morgan fingerprint density at radius 3 is 2.68 bits per heavy atom. The summed E-state index contributed by atoms with van der Waals surface area (Å²) in [6.45, 7) is 3.75. The molecule has 1 aliphatic heterocycles. The van der Waals surface area contributed by atoms with Crippen LogP contribution in [0.2, 0.25) is 0 Å². The highest BCUT2D eigenvalue weighted by atomic mass is 32.1. The van der Waals surface area contributed by atoms with Crippen molar-refractivity contribution in [3.05, 3.63) is 84.4 Å². The van der Waals surface area contributed by atoms with Gasteiger partial charge in [-0.15, -0.1) is 11.3 Å². The molecule has 5 aromatic rings. The molecule has 0 atom stereocenters. The molecule has 188 valence electrons. The van der Waals surface area contributed by atoms with Crippen LogP contribution >= 0.6 is 11.3 Å². The number of aromatic nitrogens is 2. The average molecular weight is 513 g/mol. The molecule has 1 saturated heterocycles. The topological polar surface area (TPSA) is 72.7 Å². The Balaban J connectivity index is 1.16. The largest absolute Gasteiger partial charge is 0.497 e. The second kappa shape index (κ2) is 10.6. The smallest absolute Gasteiger partial charge is 0.151 e. The fraction of sp³-hybridized carbons (Fsp3) is 0.241. The molecule has 2 aromatic carbocycles. The van der Waals surface area contributed by atoms with Crippen molar-refractivity contribution in [1.29, 1.82) is 0 Å². The minimum atomic E-state index is 0.475. The molecule has 0 amide bonds. The highest BCUT2D eigenvalue weighted by Crippen LogP contribution is 2.37. The zero-order valence-corrected chi connectivity index (χ0v) is 21.5. The molecule has 0 radical (unpaired) electrons. The first kappa shape index (κ1) is 23.5. The van der Waals surface area contributed by atoms with E-state index < -0.39 is 0 Å². The van der Waals surface area contributed by atoms with Gasteiger partial charge >= 0.3 is 0 Å². The second-order valence-electron chi connectivity index (χ2n) is 9.14. The number of methoxy groups -OCH3 is 1. The van der Waals surface area contributed by atoms with Crippen LogP contribution < -0.4 is 14.8 Å². The van der Waals surface area contributed by atoms with Gasteiger partial charge in [0, 0.05) is 23.9 Å². The van der Waals surface area contributed by atoms with Crippen LogP contribution in [-0.4, -0.2) is 35.1 Å². The Morgan fingerprint density at radius 1 is 0.973 bits per heavy atom. The number of nitrogens with zero attached hydrogens (tertiary/aromatic N) is 3. The van der Waals surface area contributed by atoms with E-state index in [2.05, 4.69) is 32.3 Å². The molecule has 3 aromatic heterocycles. The SMILES string of the molecule is COc1ccc(COc2cccc(Nc3ncnc4cc(-c5cc(CN6CCCC6)co5)sc34)c2)cc1. The van der Waals surface area contributed by atoms with Crippen molar-refractivity contribution in [2.75, 3.05) is 25.5 Å². The molecule has 0 aliphatic carbocycles. The lowest BCUT2D eigenvalue weighted by Crippen LogP contribution is -2.17. The number of likely N-dealkylation sites (tertiary alicyclic amines) is 1. The van der Waals surface area contributed by atoms with Crippen molar-refractivity contribution < 1.29 is 13.9 Å². The van der Waals surface area contributed by atoms with Crippen LogP contribution in [0.4, 0.5) is 11.5 Å². The van der Waals surface area contributed by atoms with E-state index in [1.807, 2.05) is 54.8 Å². The van der Waals surface area contributed by atoms with Gasteiger partial charge in [0.15, 0.2) is 5.82 Å². The summed E-state index contributed by atoms with van der Waals surface area (Å²) in [4.78, 5) is 12.5. The number of benzene rings is 2. The van der Waals surface area contributed by atoms with Crippen LogP contribution in [0, 0.1) is 0 Å². The summed E-state index contributed by atoms with van der Waals surface area (Å²) in [7, 11) is 1.66. The summed E-state index contributed by atoms with van der Waals surface area (Å²) in [5.41, 5.74) is 4.07. The summed E-state index contributed by atoms with van der Waals surface area (Å²) in [6.07, 6.45) is 6.03. The molecule has 7 nitrogen and oxygen atoms in total. The monoisotopic (exact) mass is 512 g/mol. The molecule has 6 rings (SSSR count). The Labute approximate surface area is 219 Å². The number of rotatable bonds is 9. The Hall–Kier alpha value is -3.88. The number of ether oxygens (including phenoxy) is 2. The van der Waals surface area contributed by atoms with Crippen LogP contribution in [0.3, 0.4) is 0 Å². The van der Waals surface area contributed by atoms with E-state index >= 15 is 0 Å². The fourth-order valence-corrected chi connectivity index (χ4v) is 5.56. The number of fused-ring (bicyclic) bond motifs is 1.